The number of hydrogen-bond donors (Lipinski definition) is 1. The number of benzene rings is 2. The van der Waals surface area contributed by atoms with Gasteiger partial charge in [0, 0.05) is 15.6 Å². The number of thiophene rings is 1. The number of amides is 1. The highest BCUT2D eigenvalue weighted by atomic mass is 35.5. The number of halogens is 1. The van der Waals surface area contributed by atoms with Crippen molar-refractivity contribution in [1.29, 1.82) is 0 Å². The number of carbonyl (C=O) groups excluding carboxylic acids is 1. The molecule has 33 heavy (non-hydrogen) atoms. The largest absolute Gasteiger partial charge is 0.325 e. The molecule has 0 spiro atoms. The third kappa shape index (κ3) is 4.86. The molecule has 0 saturated carbocycles. The van der Waals surface area contributed by atoms with E-state index >= 15 is 0 Å². The lowest BCUT2D eigenvalue weighted by Gasteiger charge is -2.13. The minimum atomic E-state index is -0.187. The Kier molecular flexibility index (Phi) is 7.22. The van der Waals surface area contributed by atoms with Crippen LogP contribution in [-0.4, -0.2) is 21.2 Å². The van der Waals surface area contributed by atoms with Gasteiger partial charge in [-0.3, -0.25) is 14.2 Å². The van der Waals surface area contributed by atoms with Gasteiger partial charge in [-0.25, -0.2) is 4.98 Å². The van der Waals surface area contributed by atoms with Gasteiger partial charge in [0.2, 0.25) is 5.91 Å². The zero-order valence-corrected chi connectivity index (χ0v) is 21.0. The average molecular weight is 498 g/mol. The average Bonchev–Trinajstić information content (AvgIpc) is 3.11. The minimum absolute atomic E-state index is 0.101. The van der Waals surface area contributed by atoms with E-state index in [2.05, 4.69) is 12.2 Å². The lowest BCUT2D eigenvalue weighted by atomic mass is 10.1. The second kappa shape index (κ2) is 10.1. The van der Waals surface area contributed by atoms with Crippen molar-refractivity contribution in [1.82, 2.24) is 9.55 Å². The van der Waals surface area contributed by atoms with E-state index < -0.39 is 0 Å². The molecule has 8 heteroatoms. The van der Waals surface area contributed by atoms with E-state index in [-0.39, 0.29) is 17.2 Å². The molecule has 4 rings (SSSR count). The monoisotopic (exact) mass is 497 g/mol. The van der Waals surface area contributed by atoms with Crippen molar-refractivity contribution in [3.05, 3.63) is 79.9 Å². The number of thioether (sulfide) groups is 1. The number of aryl methyl sites for hydroxylation is 2. The predicted molar refractivity (Wildman–Crippen MR) is 139 cm³/mol. The number of aromatic nitrogens is 2. The first kappa shape index (κ1) is 23.5. The van der Waals surface area contributed by atoms with Crippen LogP contribution in [0.5, 0.6) is 0 Å². The molecule has 0 aliphatic carbocycles. The predicted octanol–water partition coefficient (Wildman–Crippen LogP) is 6.40. The molecule has 2 heterocycles. The first-order valence-electron chi connectivity index (χ1n) is 10.7. The summed E-state index contributed by atoms with van der Waals surface area (Å²) in [7, 11) is 0. The summed E-state index contributed by atoms with van der Waals surface area (Å²) in [5, 5.41) is 4.67. The number of carbonyl (C=O) groups is 1. The third-order valence-corrected chi connectivity index (χ3v) is 7.99. The highest BCUT2D eigenvalue weighted by molar-refractivity contribution is 7.99. The zero-order chi connectivity index (χ0) is 23.5. The van der Waals surface area contributed by atoms with E-state index in [4.69, 9.17) is 16.6 Å². The van der Waals surface area contributed by atoms with E-state index in [1.54, 1.807) is 28.0 Å². The van der Waals surface area contributed by atoms with Crippen molar-refractivity contribution in [2.75, 3.05) is 11.1 Å². The molecular weight excluding hydrogens is 474 g/mol. The molecule has 2 aromatic heterocycles. The zero-order valence-electron chi connectivity index (χ0n) is 18.6. The Morgan fingerprint density at radius 3 is 2.61 bits per heavy atom. The molecule has 0 aliphatic rings. The van der Waals surface area contributed by atoms with E-state index in [1.165, 1.54) is 16.6 Å². The molecular formula is C25H24ClN3O2S2. The van der Waals surface area contributed by atoms with E-state index in [1.807, 2.05) is 50.2 Å². The third-order valence-electron chi connectivity index (χ3n) is 5.40. The number of fused-ring (bicyclic) bond motifs is 1. The van der Waals surface area contributed by atoms with Gasteiger partial charge in [-0.2, -0.15) is 0 Å². The topological polar surface area (TPSA) is 64.0 Å². The maximum atomic E-state index is 13.6. The molecule has 0 bridgehead atoms. The number of anilines is 1. The Balaban J connectivity index is 1.70. The lowest BCUT2D eigenvalue weighted by molar-refractivity contribution is -0.113. The summed E-state index contributed by atoms with van der Waals surface area (Å²) in [5.74, 6) is -0.0727. The molecule has 0 aliphatic heterocycles. The fourth-order valence-electron chi connectivity index (χ4n) is 3.64. The van der Waals surface area contributed by atoms with Gasteiger partial charge in [-0.05, 0) is 55.7 Å². The smallest absolute Gasteiger partial charge is 0.267 e. The van der Waals surface area contributed by atoms with Crippen LogP contribution in [0.3, 0.4) is 0 Å². The maximum Gasteiger partial charge on any atom is 0.267 e. The van der Waals surface area contributed by atoms with Crippen LogP contribution in [0.2, 0.25) is 5.02 Å². The minimum Gasteiger partial charge on any atom is -0.325 e. The van der Waals surface area contributed by atoms with Crippen LogP contribution in [0.25, 0.3) is 15.9 Å². The molecule has 0 unspecified atom stereocenters. The fraction of sp³-hybridized carbons (Fsp3) is 0.240. The van der Waals surface area contributed by atoms with E-state index in [9.17, 15) is 9.59 Å². The van der Waals surface area contributed by atoms with Gasteiger partial charge in [-0.15, -0.1) is 11.3 Å². The van der Waals surface area contributed by atoms with Crippen LogP contribution in [0.15, 0.2) is 58.5 Å². The van der Waals surface area contributed by atoms with E-state index in [0.717, 1.165) is 34.5 Å². The first-order valence-corrected chi connectivity index (χ1v) is 12.9. The van der Waals surface area contributed by atoms with Crippen molar-refractivity contribution in [3.8, 4) is 5.69 Å². The molecule has 0 atom stereocenters. The van der Waals surface area contributed by atoms with Gasteiger partial charge in [0.05, 0.1) is 16.8 Å². The molecule has 0 saturated heterocycles. The second-order valence-corrected chi connectivity index (χ2v) is 10.1. The summed E-state index contributed by atoms with van der Waals surface area (Å²) in [4.78, 5) is 33.1. The fourth-order valence-corrected chi connectivity index (χ4v) is 5.94. The Labute approximate surface area is 205 Å². The lowest BCUT2D eigenvalue weighted by Crippen LogP contribution is -2.23. The summed E-state index contributed by atoms with van der Waals surface area (Å²) >= 11 is 8.98. The summed E-state index contributed by atoms with van der Waals surface area (Å²) in [5.41, 5.74) is 3.12. The number of nitrogens with one attached hydrogen (secondary N) is 1. The van der Waals surface area contributed by atoms with Crippen molar-refractivity contribution in [3.63, 3.8) is 0 Å². The Hall–Kier alpha value is -2.61. The Bertz CT molecular complexity index is 1380. The van der Waals surface area contributed by atoms with Gasteiger partial charge in [0.25, 0.3) is 5.56 Å². The number of hydrogen-bond acceptors (Lipinski definition) is 5. The highest BCUT2D eigenvalue weighted by Crippen LogP contribution is 2.31. The molecule has 170 valence electrons. The van der Waals surface area contributed by atoms with Gasteiger partial charge in [-0.1, -0.05) is 61.0 Å². The highest BCUT2D eigenvalue weighted by Gasteiger charge is 2.20. The first-order chi connectivity index (χ1) is 15.9. The summed E-state index contributed by atoms with van der Waals surface area (Å²) in [6.45, 7) is 5.98. The number of para-hydroxylation sites is 1. The van der Waals surface area contributed by atoms with Crippen LogP contribution in [0.4, 0.5) is 5.69 Å². The molecule has 0 fully saturated rings. The van der Waals surface area contributed by atoms with Crippen LogP contribution < -0.4 is 10.9 Å². The molecule has 5 nitrogen and oxygen atoms in total. The van der Waals surface area contributed by atoms with Gasteiger partial charge >= 0.3 is 0 Å². The maximum absolute atomic E-state index is 13.6. The van der Waals surface area contributed by atoms with Gasteiger partial charge < -0.3 is 5.32 Å². The summed E-state index contributed by atoms with van der Waals surface area (Å²) in [6.07, 6.45) is 1.92. The number of nitrogens with zero attached hydrogens (tertiary/aromatic N) is 2. The quantitative estimate of drug-likeness (QED) is 0.237. The molecule has 2 aromatic carbocycles. The Morgan fingerprint density at radius 2 is 1.88 bits per heavy atom. The molecule has 1 amide bonds. The van der Waals surface area contributed by atoms with Crippen LogP contribution in [-0.2, 0) is 11.2 Å². The van der Waals surface area contributed by atoms with Gasteiger partial charge in [0.1, 0.15) is 4.83 Å². The van der Waals surface area contributed by atoms with Crippen molar-refractivity contribution in [2.45, 2.75) is 38.8 Å². The van der Waals surface area contributed by atoms with Crippen molar-refractivity contribution >= 4 is 56.5 Å². The standard InChI is InChI=1S/C25H24ClN3O2S2/c1-4-9-20-16(3)22-23(33-20)28-25(29(24(22)31)17-10-6-5-7-11-17)32-14-21(30)27-19-13-8-12-18(26)15(19)2/h5-8,10-13H,4,9,14H2,1-3H3,(H,27,30). The summed E-state index contributed by atoms with van der Waals surface area (Å²) in [6, 6.07) is 14.8. The van der Waals surface area contributed by atoms with Crippen molar-refractivity contribution in [2.24, 2.45) is 0 Å². The van der Waals surface area contributed by atoms with Crippen molar-refractivity contribution < 1.29 is 4.79 Å². The molecule has 1 N–H and O–H groups in total. The summed E-state index contributed by atoms with van der Waals surface area (Å²) < 4.78 is 1.61. The second-order valence-electron chi connectivity index (χ2n) is 7.70. The molecule has 0 radical (unpaired) electrons. The number of rotatable bonds is 7. The van der Waals surface area contributed by atoms with E-state index in [0.29, 0.717) is 21.3 Å². The van der Waals surface area contributed by atoms with Crippen LogP contribution in [0.1, 0.15) is 29.3 Å². The van der Waals surface area contributed by atoms with Crippen LogP contribution in [0, 0.1) is 13.8 Å². The molecule has 4 aromatic rings. The van der Waals surface area contributed by atoms with Gasteiger partial charge in [0.15, 0.2) is 5.16 Å². The van der Waals surface area contributed by atoms with Crippen LogP contribution >= 0.6 is 34.7 Å². The SMILES string of the molecule is CCCc1sc2nc(SCC(=O)Nc3cccc(Cl)c3C)n(-c3ccccc3)c(=O)c2c1C. The Morgan fingerprint density at radius 1 is 1.12 bits per heavy atom. The normalized spacial score (nSPS) is 11.2.